The number of aromatic nitrogens is 1. The largest absolute Gasteiger partial charge is 0.301 e. The number of amides is 1. The van der Waals surface area contributed by atoms with Crippen molar-refractivity contribution in [2.45, 2.75) is 26.2 Å². The molecule has 4 heteroatoms. The maximum Gasteiger partial charge on any atom is 0.233 e. The Morgan fingerprint density at radius 1 is 1.47 bits per heavy atom. The van der Waals surface area contributed by atoms with Gasteiger partial charge in [0, 0.05) is 11.6 Å². The minimum absolute atomic E-state index is 0.0613. The third-order valence-corrected chi connectivity index (χ3v) is 4.90. The van der Waals surface area contributed by atoms with Gasteiger partial charge in [-0.3, -0.25) is 4.79 Å². The predicted molar refractivity (Wildman–Crippen MR) is 77.4 cm³/mol. The highest BCUT2D eigenvalue weighted by Gasteiger charge is 2.45. The monoisotopic (exact) mass is 272 g/mol. The Kier molecular flexibility index (Phi) is 2.90. The molecule has 1 aliphatic carbocycles. The molecule has 19 heavy (non-hydrogen) atoms. The highest BCUT2D eigenvalue weighted by Crippen LogP contribution is 2.47. The lowest BCUT2D eigenvalue weighted by atomic mass is 9.78. The second-order valence-corrected chi connectivity index (χ2v) is 6.20. The van der Waals surface area contributed by atoms with Crippen LogP contribution in [0.25, 0.3) is 0 Å². The van der Waals surface area contributed by atoms with Crippen LogP contribution in [0.15, 0.2) is 35.8 Å². The lowest BCUT2D eigenvalue weighted by molar-refractivity contribution is -0.125. The summed E-state index contributed by atoms with van der Waals surface area (Å²) in [6, 6.07) is 8.32. The Bertz CT molecular complexity index is 608. The fourth-order valence-electron chi connectivity index (χ4n) is 2.81. The van der Waals surface area contributed by atoms with Crippen molar-refractivity contribution >= 4 is 22.4 Å². The van der Waals surface area contributed by atoms with Crippen molar-refractivity contribution in [1.82, 2.24) is 4.98 Å². The van der Waals surface area contributed by atoms with E-state index in [1.165, 1.54) is 22.5 Å². The van der Waals surface area contributed by atoms with Gasteiger partial charge in [0.05, 0.1) is 5.41 Å². The molecule has 2 aromatic rings. The number of carbonyl (C=O) groups is 1. The van der Waals surface area contributed by atoms with E-state index in [0.717, 1.165) is 6.42 Å². The zero-order valence-electron chi connectivity index (χ0n) is 11.0. The Hall–Kier alpha value is -1.68. The molecule has 3 rings (SSSR count). The zero-order valence-corrected chi connectivity index (χ0v) is 11.8. The molecule has 1 N–H and O–H groups in total. The Labute approximate surface area is 116 Å². The SMILES string of the molecule is C[C@@H]1c2ccccc2C[C@]1(C)C(=O)Nc1nccs1. The molecule has 2 atom stereocenters. The van der Waals surface area contributed by atoms with Crippen molar-refractivity contribution in [1.29, 1.82) is 0 Å². The van der Waals surface area contributed by atoms with E-state index < -0.39 is 5.41 Å². The first-order valence-electron chi connectivity index (χ1n) is 6.40. The van der Waals surface area contributed by atoms with Gasteiger partial charge in [-0.25, -0.2) is 4.98 Å². The molecule has 0 saturated carbocycles. The van der Waals surface area contributed by atoms with Crippen molar-refractivity contribution in [3.8, 4) is 0 Å². The molecule has 0 radical (unpaired) electrons. The van der Waals surface area contributed by atoms with Crippen LogP contribution in [-0.4, -0.2) is 10.9 Å². The summed E-state index contributed by atoms with van der Waals surface area (Å²) in [5.41, 5.74) is 2.18. The number of rotatable bonds is 2. The van der Waals surface area contributed by atoms with Crippen molar-refractivity contribution < 1.29 is 4.79 Å². The molecule has 1 aromatic carbocycles. The Morgan fingerprint density at radius 2 is 2.26 bits per heavy atom. The van der Waals surface area contributed by atoms with Gasteiger partial charge in [-0.1, -0.05) is 31.2 Å². The van der Waals surface area contributed by atoms with E-state index in [2.05, 4.69) is 29.4 Å². The molecule has 3 nitrogen and oxygen atoms in total. The highest BCUT2D eigenvalue weighted by atomic mass is 32.1. The van der Waals surface area contributed by atoms with E-state index in [9.17, 15) is 4.79 Å². The lowest BCUT2D eigenvalue weighted by Crippen LogP contribution is -2.36. The summed E-state index contributed by atoms with van der Waals surface area (Å²) in [4.78, 5) is 16.7. The molecule has 1 aromatic heterocycles. The van der Waals surface area contributed by atoms with Crippen LogP contribution in [0.4, 0.5) is 5.13 Å². The number of hydrogen-bond acceptors (Lipinski definition) is 3. The summed E-state index contributed by atoms with van der Waals surface area (Å²) < 4.78 is 0. The third kappa shape index (κ3) is 1.96. The zero-order chi connectivity index (χ0) is 13.5. The van der Waals surface area contributed by atoms with E-state index in [0.29, 0.717) is 5.13 Å². The van der Waals surface area contributed by atoms with Crippen LogP contribution in [-0.2, 0) is 11.2 Å². The number of hydrogen-bond donors (Lipinski definition) is 1. The molecule has 0 aliphatic heterocycles. The number of carbonyl (C=O) groups excluding carboxylic acids is 1. The standard InChI is InChI=1S/C15H16N2OS/c1-10-12-6-4-3-5-11(12)9-15(10,2)13(18)17-14-16-7-8-19-14/h3-8,10H,9H2,1-2H3,(H,16,17,18)/t10-,15+/m1/s1. The highest BCUT2D eigenvalue weighted by molar-refractivity contribution is 7.13. The van der Waals surface area contributed by atoms with Crippen LogP contribution in [0.2, 0.25) is 0 Å². The van der Waals surface area contributed by atoms with Crippen LogP contribution in [0.1, 0.15) is 30.9 Å². The van der Waals surface area contributed by atoms with Gasteiger partial charge >= 0.3 is 0 Å². The molecule has 0 bridgehead atoms. The number of fused-ring (bicyclic) bond motifs is 1. The fraction of sp³-hybridized carbons (Fsp3) is 0.333. The molecular weight excluding hydrogens is 256 g/mol. The smallest absolute Gasteiger partial charge is 0.233 e. The number of thiazole rings is 1. The fourth-order valence-corrected chi connectivity index (χ4v) is 3.34. The average molecular weight is 272 g/mol. The van der Waals surface area contributed by atoms with Gasteiger partial charge in [0.25, 0.3) is 0 Å². The van der Waals surface area contributed by atoms with Crippen LogP contribution in [0.5, 0.6) is 0 Å². The molecule has 98 valence electrons. The minimum Gasteiger partial charge on any atom is -0.301 e. The summed E-state index contributed by atoms with van der Waals surface area (Å²) in [6.45, 7) is 4.17. The van der Waals surface area contributed by atoms with Gasteiger partial charge in [-0.2, -0.15) is 0 Å². The normalized spacial score (nSPS) is 25.1. The Balaban J connectivity index is 1.87. The van der Waals surface area contributed by atoms with Crippen molar-refractivity contribution in [2.24, 2.45) is 5.41 Å². The topological polar surface area (TPSA) is 42.0 Å². The first-order valence-corrected chi connectivity index (χ1v) is 7.28. The quantitative estimate of drug-likeness (QED) is 0.909. The van der Waals surface area contributed by atoms with Crippen LogP contribution in [0.3, 0.4) is 0 Å². The van der Waals surface area contributed by atoms with Crippen LogP contribution in [0, 0.1) is 5.41 Å². The van der Waals surface area contributed by atoms with Crippen molar-refractivity contribution in [3.05, 3.63) is 47.0 Å². The molecule has 0 spiro atoms. The maximum absolute atomic E-state index is 12.6. The minimum atomic E-state index is -0.393. The molecule has 1 heterocycles. The van der Waals surface area contributed by atoms with E-state index in [-0.39, 0.29) is 11.8 Å². The third-order valence-electron chi connectivity index (χ3n) is 4.21. The summed E-state index contributed by atoms with van der Waals surface area (Å²) in [5, 5.41) is 5.48. The van der Waals surface area contributed by atoms with Crippen LogP contribution < -0.4 is 5.32 Å². The van der Waals surface area contributed by atoms with Gasteiger partial charge in [0.15, 0.2) is 5.13 Å². The average Bonchev–Trinajstić information content (AvgIpc) is 2.99. The molecule has 0 saturated heterocycles. The molecule has 0 fully saturated rings. The maximum atomic E-state index is 12.6. The first kappa shape index (κ1) is 12.4. The summed E-state index contributed by atoms with van der Waals surface area (Å²) in [7, 11) is 0. The number of anilines is 1. The molecule has 1 aliphatic rings. The van der Waals surface area contributed by atoms with Gasteiger partial charge < -0.3 is 5.32 Å². The van der Waals surface area contributed by atoms with E-state index in [1.807, 2.05) is 24.4 Å². The summed E-state index contributed by atoms with van der Waals surface area (Å²) in [6.07, 6.45) is 2.50. The van der Waals surface area contributed by atoms with Crippen molar-refractivity contribution in [2.75, 3.05) is 5.32 Å². The second kappa shape index (κ2) is 4.46. The predicted octanol–water partition coefficient (Wildman–Crippen LogP) is 3.45. The van der Waals surface area contributed by atoms with Crippen molar-refractivity contribution in [3.63, 3.8) is 0 Å². The molecule has 0 unspecified atom stereocenters. The van der Waals surface area contributed by atoms with E-state index in [4.69, 9.17) is 0 Å². The number of nitrogens with one attached hydrogen (secondary N) is 1. The van der Waals surface area contributed by atoms with Gasteiger partial charge in [-0.05, 0) is 30.4 Å². The summed E-state index contributed by atoms with van der Waals surface area (Å²) in [5.74, 6) is 0.287. The summed E-state index contributed by atoms with van der Waals surface area (Å²) >= 11 is 1.45. The van der Waals surface area contributed by atoms with Gasteiger partial charge in [0.1, 0.15) is 0 Å². The van der Waals surface area contributed by atoms with Crippen LogP contribution >= 0.6 is 11.3 Å². The van der Waals surface area contributed by atoms with Gasteiger partial charge in [0.2, 0.25) is 5.91 Å². The number of benzene rings is 1. The lowest BCUT2D eigenvalue weighted by Gasteiger charge is -2.27. The van der Waals surface area contributed by atoms with Gasteiger partial charge in [-0.15, -0.1) is 11.3 Å². The van der Waals surface area contributed by atoms with E-state index >= 15 is 0 Å². The Morgan fingerprint density at radius 3 is 2.95 bits per heavy atom. The molecule has 1 amide bonds. The molecular formula is C15H16N2OS. The second-order valence-electron chi connectivity index (χ2n) is 5.31. The van der Waals surface area contributed by atoms with E-state index in [1.54, 1.807) is 6.20 Å². The first-order chi connectivity index (χ1) is 9.11. The number of nitrogens with zero attached hydrogens (tertiary/aromatic N) is 1.